The Morgan fingerprint density at radius 2 is 1.03 bits per heavy atom. The number of nitrogens with zero attached hydrogens (tertiary/aromatic N) is 1. The summed E-state index contributed by atoms with van der Waals surface area (Å²) in [5, 5.41) is 9.05. The molecule has 0 unspecified atom stereocenters. The van der Waals surface area contributed by atoms with Crippen LogP contribution in [-0.2, 0) is 0 Å². The maximum absolute atomic E-state index is 4.75. The van der Waals surface area contributed by atoms with Crippen LogP contribution in [0.1, 0.15) is 0 Å². The van der Waals surface area contributed by atoms with Crippen LogP contribution in [0, 0.1) is 0 Å². The van der Waals surface area contributed by atoms with E-state index in [1.165, 1.54) is 47.5 Å². The minimum absolute atomic E-state index is 0.970. The van der Waals surface area contributed by atoms with Crippen LogP contribution in [0.2, 0.25) is 0 Å². The number of aromatic nitrogens is 1. The van der Waals surface area contributed by atoms with E-state index < -0.39 is 0 Å². The highest BCUT2D eigenvalue weighted by molar-refractivity contribution is 7.80. The number of hydrogen-bond acceptors (Lipinski definition) is 3. The van der Waals surface area contributed by atoms with Gasteiger partial charge in [0.15, 0.2) is 0 Å². The van der Waals surface area contributed by atoms with Gasteiger partial charge in [0.05, 0.1) is 11.0 Å². The summed E-state index contributed by atoms with van der Waals surface area (Å²) >= 11 is 6.61. The van der Waals surface area contributed by atoms with Gasteiger partial charge in [-0.15, -0.1) is 24.0 Å². The van der Waals surface area contributed by atoms with E-state index in [0.29, 0.717) is 0 Å². The number of para-hydroxylation sites is 2. The molecule has 0 fully saturated rings. The third-order valence-electron chi connectivity index (χ3n) is 11.3. The Bertz CT molecular complexity index is 3310. The standard InChI is InChI=1S/C54H36N2S2/c57-50-21-11-8-17-43(50)36-25-23-35(24-26-36)39-31-40(38-27-28-46-45-19-9-12-22-51(45)58-52(46)34-38)33-41(32-39)55-48-30-29-47-44-18-7-10-20-49(44)56(42-15-5-2-6-16-42)54(47)53(48)37-13-3-1-4-14-37/h1-34,55,57H. The molecule has 0 amide bonds. The van der Waals surface area contributed by atoms with Gasteiger partial charge in [-0.25, -0.2) is 0 Å². The van der Waals surface area contributed by atoms with E-state index in [1.54, 1.807) is 0 Å². The van der Waals surface area contributed by atoms with Crippen molar-refractivity contribution in [3.8, 4) is 50.2 Å². The molecule has 2 aromatic heterocycles. The van der Waals surface area contributed by atoms with E-state index in [0.717, 1.165) is 60.9 Å². The molecular formula is C54H36N2S2. The second-order valence-electron chi connectivity index (χ2n) is 14.8. The number of hydrogen-bond donors (Lipinski definition) is 2. The van der Waals surface area contributed by atoms with Crippen molar-refractivity contribution in [1.82, 2.24) is 4.57 Å². The molecule has 0 aliphatic heterocycles. The zero-order valence-corrected chi connectivity index (χ0v) is 33.1. The molecule has 2 heterocycles. The van der Waals surface area contributed by atoms with Crippen LogP contribution in [0.25, 0.3) is 92.2 Å². The summed E-state index contributed by atoms with van der Waals surface area (Å²) < 4.78 is 5.02. The molecule has 9 aromatic carbocycles. The lowest BCUT2D eigenvalue weighted by Crippen LogP contribution is -1.99. The normalized spacial score (nSPS) is 11.5. The number of benzene rings is 9. The Balaban J connectivity index is 1.11. The van der Waals surface area contributed by atoms with Gasteiger partial charge in [0.25, 0.3) is 0 Å². The Morgan fingerprint density at radius 1 is 0.414 bits per heavy atom. The predicted octanol–water partition coefficient (Wildman–Crippen LogP) is 15.9. The average molecular weight is 777 g/mol. The van der Waals surface area contributed by atoms with Crippen molar-refractivity contribution >= 4 is 77.3 Å². The molecule has 274 valence electrons. The maximum atomic E-state index is 4.75. The van der Waals surface area contributed by atoms with Crippen molar-refractivity contribution < 1.29 is 0 Å². The van der Waals surface area contributed by atoms with Gasteiger partial charge in [-0.1, -0.05) is 146 Å². The van der Waals surface area contributed by atoms with Crippen molar-refractivity contribution in [3.63, 3.8) is 0 Å². The first-order chi connectivity index (χ1) is 28.7. The number of anilines is 2. The summed E-state index contributed by atoms with van der Waals surface area (Å²) in [6.07, 6.45) is 0. The summed E-state index contributed by atoms with van der Waals surface area (Å²) in [7, 11) is 0. The fraction of sp³-hybridized carbons (Fsp3) is 0. The fourth-order valence-electron chi connectivity index (χ4n) is 8.56. The number of rotatable bonds is 7. The topological polar surface area (TPSA) is 17.0 Å². The van der Waals surface area contributed by atoms with Gasteiger partial charge < -0.3 is 9.88 Å². The van der Waals surface area contributed by atoms with Gasteiger partial charge in [0.1, 0.15) is 0 Å². The van der Waals surface area contributed by atoms with Crippen molar-refractivity contribution in [2.75, 3.05) is 5.32 Å². The molecule has 1 N–H and O–H groups in total. The molecule has 0 spiro atoms. The van der Waals surface area contributed by atoms with Crippen molar-refractivity contribution in [2.24, 2.45) is 0 Å². The summed E-state index contributed by atoms with van der Waals surface area (Å²) in [5.74, 6) is 0. The molecule has 0 atom stereocenters. The largest absolute Gasteiger partial charge is 0.355 e. The Hall–Kier alpha value is -6.85. The van der Waals surface area contributed by atoms with Crippen LogP contribution in [0.15, 0.2) is 211 Å². The molecule has 11 aromatic rings. The molecule has 4 heteroatoms. The number of thiol groups is 1. The molecule has 0 aliphatic rings. The van der Waals surface area contributed by atoms with E-state index in [4.69, 9.17) is 12.6 Å². The highest BCUT2D eigenvalue weighted by Crippen LogP contribution is 2.44. The van der Waals surface area contributed by atoms with E-state index in [9.17, 15) is 0 Å². The number of fused-ring (bicyclic) bond motifs is 6. The zero-order valence-electron chi connectivity index (χ0n) is 31.4. The van der Waals surface area contributed by atoms with Gasteiger partial charge in [-0.05, 0) is 99.6 Å². The highest BCUT2D eigenvalue weighted by atomic mass is 32.1. The molecule has 0 bridgehead atoms. The monoisotopic (exact) mass is 776 g/mol. The van der Waals surface area contributed by atoms with E-state index in [1.807, 2.05) is 23.5 Å². The van der Waals surface area contributed by atoms with Crippen LogP contribution in [0.5, 0.6) is 0 Å². The molecule has 0 saturated heterocycles. The van der Waals surface area contributed by atoms with Gasteiger partial charge in [-0.2, -0.15) is 0 Å². The molecule has 58 heavy (non-hydrogen) atoms. The number of thiophene rings is 1. The third-order valence-corrected chi connectivity index (χ3v) is 12.8. The minimum Gasteiger partial charge on any atom is -0.355 e. The first-order valence-electron chi connectivity index (χ1n) is 19.6. The molecule has 11 rings (SSSR count). The molecule has 0 aliphatic carbocycles. The zero-order chi connectivity index (χ0) is 38.6. The average Bonchev–Trinajstić information content (AvgIpc) is 3.82. The van der Waals surface area contributed by atoms with Crippen molar-refractivity contribution in [3.05, 3.63) is 206 Å². The Morgan fingerprint density at radius 3 is 1.84 bits per heavy atom. The fourth-order valence-corrected chi connectivity index (χ4v) is 9.99. The van der Waals surface area contributed by atoms with Crippen LogP contribution in [0.4, 0.5) is 11.4 Å². The molecule has 2 nitrogen and oxygen atoms in total. The summed E-state index contributed by atoms with van der Waals surface area (Å²) in [6, 6.07) is 74.5. The summed E-state index contributed by atoms with van der Waals surface area (Å²) in [6.45, 7) is 0. The van der Waals surface area contributed by atoms with Crippen molar-refractivity contribution in [2.45, 2.75) is 4.90 Å². The lowest BCUT2D eigenvalue weighted by atomic mass is 9.95. The maximum Gasteiger partial charge on any atom is 0.0640 e. The van der Waals surface area contributed by atoms with Crippen LogP contribution in [-0.4, -0.2) is 4.57 Å². The highest BCUT2D eigenvalue weighted by Gasteiger charge is 2.20. The Labute approximate surface area is 346 Å². The molecule has 0 saturated carbocycles. The SMILES string of the molecule is Sc1ccccc1-c1ccc(-c2cc(Nc3ccc4c5ccccc5n(-c5ccccc5)c4c3-c3ccccc3)cc(-c3ccc4c(c3)sc3ccccc34)c2)cc1. The van der Waals surface area contributed by atoms with E-state index in [2.05, 4.69) is 204 Å². The third kappa shape index (κ3) is 5.97. The smallest absolute Gasteiger partial charge is 0.0640 e. The first-order valence-corrected chi connectivity index (χ1v) is 20.8. The van der Waals surface area contributed by atoms with Gasteiger partial charge in [0, 0.05) is 58.5 Å². The first kappa shape index (κ1) is 34.4. The lowest BCUT2D eigenvalue weighted by molar-refractivity contribution is 1.18. The molecular weight excluding hydrogens is 741 g/mol. The van der Waals surface area contributed by atoms with Crippen molar-refractivity contribution in [1.29, 1.82) is 0 Å². The lowest BCUT2D eigenvalue weighted by Gasteiger charge is -2.18. The van der Waals surface area contributed by atoms with Gasteiger partial charge in [0.2, 0.25) is 0 Å². The number of nitrogens with one attached hydrogen (secondary N) is 1. The second kappa shape index (κ2) is 14.3. The predicted molar refractivity (Wildman–Crippen MR) is 252 cm³/mol. The minimum atomic E-state index is 0.970. The van der Waals surface area contributed by atoms with E-state index >= 15 is 0 Å². The van der Waals surface area contributed by atoms with Crippen LogP contribution >= 0.6 is 24.0 Å². The second-order valence-corrected chi connectivity index (χ2v) is 16.3. The molecule has 0 radical (unpaired) electrons. The van der Waals surface area contributed by atoms with E-state index in [-0.39, 0.29) is 0 Å². The van der Waals surface area contributed by atoms with Crippen LogP contribution in [0.3, 0.4) is 0 Å². The summed E-state index contributed by atoms with van der Waals surface area (Å²) in [4.78, 5) is 0.970. The van der Waals surface area contributed by atoms with Gasteiger partial charge >= 0.3 is 0 Å². The van der Waals surface area contributed by atoms with Gasteiger partial charge in [-0.3, -0.25) is 0 Å². The van der Waals surface area contributed by atoms with Crippen LogP contribution < -0.4 is 5.32 Å². The Kier molecular flexibility index (Phi) is 8.46. The quantitative estimate of drug-likeness (QED) is 0.154. The summed E-state index contributed by atoms with van der Waals surface area (Å²) in [5.41, 5.74) is 14.8.